The maximum Gasteiger partial charge on any atom is 0.251 e. The predicted molar refractivity (Wildman–Crippen MR) is 112 cm³/mol. The second kappa shape index (κ2) is 8.50. The number of rotatable bonds is 6. The lowest BCUT2D eigenvalue weighted by Gasteiger charge is -2.13. The van der Waals surface area contributed by atoms with Crippen molar-refractivity contribution in [2.45, 2.75) is 13.1 Å². The van der Waals surface area contributed by atoms with E-state index in [1.165, 1.54) is 23.8 Å². The van der Waals surface area contributed by atoms with Crippen LogP contribution in [0.5, 0.6) is 0 Å². The van der Waals surface area contributed by atoms with Gasteiger partial charge in [0, 0.05) is 40.1 Å². The lowest BCUT2D eigenvalue weighted by molar-refractivity contribution is 0.371. The number of aromatic nitrogens is 2. The van der Waals surface area contributed by atoms with Gasteiger partial charge in [0.1, 0.15) is 5.76 Å². The molecule has 3 aromatic rings. The molecule has 0 fully saturated rings. The summed E-state index contributed by atoms with van der Waals surface area (Å²) in [5.74, 6) is 0.422. The van der Waals surface area contributed by atoms with E-state index < -0.39 is 0 Å². The van der Waals surface area contributed by atoms with Crippen LogP contribution in [0.25, 0.3) is 5.76 Å². The smallest absolute Gasteiger partial charge is 0.251 e. The molecular weight excluding hydrogens is 399 g/mol. The van der Waals surface area contributed by atoms with Gasteiger partial charge in [-0.25, -0.2) is 0 Å². The number of hydrogen-bond acceptors (Lipinski definition) is 3. The molecule has 2 heterocycles. The molecule has 0 radical (unpaired) electrons. The summed E-state index contributed by atoms with van der Waals surface area (Å²) in [6.07, 6.45) is 3.35. The average molecular weight is 417 g/mol. The minimum atomic E-state index is -0.206. The van der Waals surface area contributed by atoms with E-state index in [9.17, 15) is 9.59 Å². The Balaban J connectivity index is 1.87. The molecule has 0 atom stereocenters. The monoisotopic (exact) mass is 416 g/mol. The Labute approximate surface area is 172 Å². The van der Waals surface area contributed by atoms with Crippen LogP contribution in [-0.4, -0.2) is 16.2 Å². The molecule has 0 saturated carbocycles. The van der Waals surface area contributed by atoms with Crippen LogP contribution in [0.3, 0.4) is 0 Å². The molecule has 0 N–H and O–H groups in total. The lowest BCUT2D eigenvalue weighted by atomic mass is 10.1. The standard InChI is InChI=1S/C21H18Cl2N2O3/c1-14(28-2)15-6-8-25(21(27)11-15)13-17-10-18(22)16(9-19(17)23)12-24-7-4-3-5-20(24)26/h3-11H,1,12-13H2,2H3. The Morgan fingerprint density at radius 1 is 0.929 bits per heavy atom. The van der Waals surface area contributed by atoms with E-state index in [1.807, 2.05) is 0 Å². The predicted octanol–water partition coefficient (Wildman–Crippen LogP) is 4.03. The van der Waals surface area contributed by atoms with Crippen LogP contribution in [0.15, 0.2) is 71.0 Å². The van der Waals surface area contributed by atoms with Crippen molar-refractivity contribution < 1.29 is 4.74 Å². The highest BCUT2D eigenvalue weighted by molar-refractivity contribution is 6.34. The first-order valence-corrected chi connectivity index (χ1v) is 9.20. The Bertz CT molecular complexity index is 1150. The van der Waals surface area contributed by atoms with Crippen molar-refractivity contribution in [1.82, 2.24) is 9.13 Å². The number of nitrogens with zero attached hydrogens (tertiary/aromatic N) is 2. The molecule has 0 unspecified atom stereocenters. The van der Waals surface area contributed by atoms with Gasteiger partial charge < -0.3 is 13.9 Å². The molecule has 3 rings (SSSR count). The summed E-state index contributed by atoms with van der Waals surface area (Å²) in [6.45, 7) is 4.32. The average Bonchev–Trinajstić information content (AvgIpc) is 2.68. The molecule has 0 bridgehead atoms. The Hall–Kier alpha value is -2.76. The molecule has 0 spiro atoms. The maximum absolute atomic E-state index is 12.4. The Morgan fingerprint density at radius 2 is 1.54 bits per heavy atom. The fraction of sp³-hybridized carbons (Fsp3) is 0.143. The van der Waals surface area contributed by atoms with Gasteiger partial charge in [-0.05, 0) is 35.4 Å². The third-order valence-corrected chi connectivity index (χ3v) is 5.06. The first-order valence-electron chi connectivity index (χ1n) is 8.45. The molecule has 2 aromatic heterocycles. The van der Waals surface area contributed by atoms with Crippen LogP contribution in [-0.2, 0) is 17.8 Å². The van der Waals surface area contributed by atoms with Crippen molar-refractivity contribution in [2.24, 2.45) is 0 Å². The van der Waals surface area contributed by atoms with Gasteiger partial charge in [-0.1, -0.05) is 35.8 Å². The van der Waals surface area contributed by atoms with Crippen LogP contribution < -0.4 is 11.1 Å². The first kappa shape index (κ1) is 20.0. The van der Waals surface area contributed by atoms with Crippen molar-refractivity contribution in [3.8, 4) is 0 Å². The zero-order valence-corrected chi connectivity index (χ0v) is 16.7. The van der Waals surface area contributed by atoms with Gasteiger partial charge >= 0.3 is 0 Å². The normalized spacial score (nSPS) is 10.7. The van der Waals surface area contributed by atoms with Gasteiger partial charge in [-0.15, -0.1) is 0 Å². The highest BCUT2D eigenvalue weighted by atomic mass is 35.5. The van der Waals surface area contributed by atoms with Crippen molar-refractivity contribution in [3.63, 3.8) is 0 Å². The maximum atomic E-state index is 12.4. The van der Waals surface area contributed by atoms with Crippen LogP contribution in [0.4, 0.5) is 0 Å². The van der Waals surface area contributed by atoms with E-state index in [0.29, 0.717) is 33.5 Å². The largest absolute Gasteiger partial charge is 0.497 e. The summed E-state index contributed by atoms with van der Waals surface area (Å²) in [7, 11) is 1.50. The van der Waals surface area contributed by atoms with E-state index in [-0.39, 0.29) is 17.7 Å². The molecule has 0 aliphatic rings. The van der Waals surface area contributed by atoms with Gasteiger partial charge in [0.25, 0.3) is 11.1 Å². The van der Waals surface area contributed by atoms with Gasteiger partial charge in [0.2, 0.25) is 0 Å². The van der Waals surface area contributed by atoms with Gasteiger partial charge in [0.05, 0.1) is 20.2 Å². The van der Waals surface area contributed by atoms with Gasteiger partial charge in [-0.2, -0.15) is 0 Å². The number of halogens is 2. The summed E-state index contributed by atoms with van der Waals surface area (Å²) >= 11 is 12.8. The van der Waals surface area contributed by atoms with E-state index in [1.54, 1.807) is 47.3 Å². The molecular formula is C21H18Cl2N2O3. The van der Waals surface area contributed by atoms with Crippen LogP contribution in [0.1, 0.15) is 16.7 Å². The molecule has 0 aliphatic heterocycles. The molecule has 5 nitrogen and oxygen atoms in total. The van der Waals surface area contributed by atoms with Crippen molar-refractivity contribution in [1.29, 1.82) is 0 Å². The fourth-order valence-corrected chi connectivity index (χ4v) is 3.25. The molecule has 28 heavy (non-hydrogen) atoms. The number of benzene rings is 1. The summed E-state index contributed by atoms with van der Waals surface area (Å²) in [4.78, 5) is 24.3. The Kier molecular flexibility index (Phi) is 6.07. The molecule has 1 aromatic carbocycles. The zero-order chi connectivity index (χ0) is 20.3. The lowest BCUT2D eigenvalue weighted by Crippen LogP contribution is -2.20. The Morgan fingerprint density at radius 3 is 2.07 bits per heavy atom. The number of methoxy groups -OCH3 is 1. The number of hydrogen-bond donors (Lipinski definition) is 0. The van der Waals surface area contributed by atoms with Crippen LogP contribution in [0, 0.1) is 0 Å². The third kappa shape index (κ3) is 4.38. The summed E-state index contributed by atoms with van der Waals surface area (Å²) in [5.41, 5.74) is 1.72. The fourth-order valence-electron chi connectivity index (χ4n) is 2.76. The van der Waals surface area contributed by atoms with E-state index >= 15 is 0 Å². The molecule has 0 amide bonds. The highest BCUT2D eigenvalue weighted by Gasteiger charge is 2.11. The SMILES string of the molecule is C=C(OC)c1ccn(Cc2cc(Cl)c(Cn3ccccc3=O)cc2Cl)c(=O)c1. The second-order valence-electron chi connectivity index (χ2n) is 6.21. The molecule has 7 heteroatoms. The van der Waals surface area contributed by atoms with E-state index in [0.717, 1.165) is 5.56 Å². The van der Waals surface area contributed by atoms with Gasteiger partial charge in [0.15, 0.2) is 0 Å². The van der Waals surface area contributed by atoms with Gasteiger partial charge in [-0.3, -0.25) is 9.59 Å². The van der Waals surface area contributed by atoms with Crippen molar-refractivity contribution in [2.75, 3.05) is 7.11 Å². The second-order valence-corrected chi connectivity index (χ2v) is 7.03. The zero-order valence-electron chi connectivity index (χ0n) is 15.2. The van der Waals surface area contributed by atoms with E-state index in [4.69, 9.17) is 27.9 Å². The minimum Gasteiger partial charge on any atom is -0.497 e. The molecule has 0 aliphatic carbocycles. The number of pyridine rings is 2. The number of ether oxygens (including phenoxy) is 1. The van der Waals surface area contributed by atoms with Crippen LogP contribution >= 0.6 is 23.2 Å². The van der Waals surface area contributed by atoms with Crippen LogP contribution in [0.2, 0.25) is 10.0 Å². The third-order valence-electron chi connectivity index (χ3n) is 4.36. The topological polar surface area (TPSA) is 53.2 Å². The molecule has 144 valence electrons. The van der Waals surface area contributed by atoms with E-state index in [2.05, 4.69) is 6.58 Å². The highest BCUT2D eigenvalue weighted by Crippen LogP contribution is 2.26. The quantitative estimate of drug-likeness (QED) is 0.569. The minimum absolute atomic E-state index is 0.122. The van der Waals surface area contributed by atoms with Crippen molar-refractivity contribution >= 4 is 29.0 Å². The molecule has 0 saturated heterocycles. The first-order chi connectivity index (χ1) is 13.4. The van der Waals surface area contributed by atoms with Crippen molar-refractivity contribution in [3.05, 3.63) is 109 Å². The summed E-state index contributed by atoms with van der Waals surface area (Å²) in [5, 5.41) is 0.952. The summed E-state index contributed by atoms with van der Waals surface area (Å²) < 4.78 is 8.11. The summed E-state index contributed by atoms with van der Waals surface area (Å²) in [6, 6.07) is 11.6.